The lowest BCUT2D eigenvalue weighted by atomic mass is 9.88. The van der Waals surface area contributed by atoms with Gasteiger partial charge in [0.05, 0.1) is 0 Å². The van der Waals surface area contributed by atoms with Crippen molar-refractivity contribution in [3.8, 4) is 11.5 Å². The second-order valence-electron chi connectivity index (χ2n) is 3.81. The van der Waals surface area contributed by atoms with Crippen LogP contribution in [0.25, 0.3) is 0 Å². The van der Waals surface area contributed by atoms with Gasteiger partial charge in [0.25, 0.3) is 0 Å². The molecule has 0 heterocycles. The van der Waals surface area contributed by atoms with Crippen molar-refractivity contribution in [1.29, 1.82) is 0 Å². The highest BCUT2D eigenvalue weighted by molar-refractivity contribution is 5.47. The summed E-state index contributed by atoms with van der Waals surface area (Å²) in [6, 6.07) is 16.2. The molecule has 1 heteroatoms. The molecule has 0 amide bonds. The van der Waals surface area contributed by atoms with Crippen molar-refractivity contribution < 1.29 is 4.74 Å². The maximum absolute atomic E-state index is 5.84. The number of benzene rings is 2. The third-order valence-electron chi connectivity index (χ3n) is 2.85. The number of para-hydroxylation sites is 1. The van der Waals surface area contributed by atoms with Gasteiger partial charge in [-0.05, 0) is 42.2 Å². The molecule has 1 aliphatic rings. The fourth-order valence-electron chi connectivity index (χ4n) is 1.92. The second-order valence-corrected chi connectivity index (χ2v) is 3.81. The van der Waals surface area contributed by atoms with E-state index >= 15 is 0 Å². The molecule has 0 aliphatic heterocycles. The van der Waals surface area contributed by atoms with Crippen LogP contribution in [-0.4, -0.2) is 0 Å². The summed E-state index contributed by atoms with van der Waals surface area (Å²) in [6.45, 7) is 0. The monoisotopic (exact) mass is 196 g/mol. The summed E-state index contributed by atoms with van der Waals surface area (Å²) in [7, 11) is 0. The average Bonchev–Trinajstić information content (AvgIpc) is 2.22. The predicted molar refractivity (Wildman–Crippen MR) is 60.4 cm³/mol. The smallest absolute Gasteiger partial charge is 0.130 e. The molecule has 0 atom stereocenters. The Morgan fingerprint density at radius 1 is 0.800 bits per heavy atom. The minimum absolute atomic E-state index is 0.915. The molecule has 0 saturated carbocycles. The van der Waals surface area contributed by atoms with Crippen LogP contribution < -0.4 is 4.74 Å². The van der Waals surface area contributed by atoms with Crippen molar-refractivity contribution in [2.75, 3.05) is 0 Å². The van der Waals surface area contributed by atoms with Gasteiger partial charge in [-0.15, -0.1) is 0 Å². The summed E-state index contributed by atoms with van der Waals surface area (Å²) in [5.41, 5.74) is 2.81. The van der Waals surface area contributed by atoms with Crippen molar-refractivity contribution in [3.63, 3.8) is 0 Å². The average molecular weight is 196 g/mol. The Labute approximate surface area is 89.3 Å². The Morgan fingerprint density at radius 2 is 1.67 bits per heavy atom. The zero-order chi connectivity index (χ0) is 10.1. The quantitative estimate of drug-likeness (QED) is 0.713. The van der Waals surface area contributed by atoms with Gasteiger partial charge in [0.1, 0.15) is 11.5 Å². The van der Waals surface area contributed by atoms with E-state index in [9.17, 15) is 0 Å². The fourth-order valence-corrected chi connectivity index (χ4v) is 1.92. The zero-order valence-corrected chi connectivity index (χ0v) is 8.44. The van der Waals surface area contributed by atoms with E-state index in [2.05, 4.69) is 12.1 Å². The van der Waals surface area contributed by atoms with E-state index in [0.29, 0.717) is 0 Å². The van der Waals surface area contributed by atoms with E-state index in [-0.39, 0.29) is 0 Å². The predicted octanol–water partition coefficient (Wildman–Crippen LogP) is 3.58. The largest absolute Gasteiger partial charge is 0.457 e. The van der Waals surface area contributed by atoms with Crippen LogP contribution in [0.3, 0.4) is 0 Å². The van der Waals surface area contributed by atoms with E-state index in [1.807, 2.05) is 36.4 Å². The third kappa shape index (κ3) is 1.50. The van der Waals surface area contributed by atoms with Gasteiger partial charge in [0, 0.05) is 0 Å². The van der Waals surface area contributed by atoms with Crippen LogP contribution in [0.5, 0.6) is 11.5 Å². The van der Waals surface area contributed by atoms with Gasteiger partial charge < -0.3 is 4.74 Å². The van der Waals surface area contributed by atoms with Crippen LogP contribution in [0.4, 0.5) is 0 Å². The molecule has 0 aromatic heterocycles. The Kier molecular flexibility index (Phi) is 1.95. The summed E-state index contributed by atoms with van der Waals surface area (Å²) < 4.78 is 5.84. The highest BCUT2D eigenvalue weighted by atomic mass is 16.5. The Bertz CT molecular complexity index is 474. The standard InChI is InChI=1S/C14H12O/c1-2-6-12(7-3-1)15-14-8-4-5-11-9-10-13(11)14/h1-8H,9-10H2. The van der Waals surface area contributed by atoms with Gasteiger partial charge in [-0.1, -0.05) is 30.3 Å². The van der Waals surface area contributed by atoms with Crippen molar-refractivity contribution in [2.24, 2.45) is 0 Å². The number of hydrogen-bond donors (Lipinski definition) is 0. The molecule has 0 radical (unpaired) electrons. The highest BCUT2D eigenvalue weighted by Crippen LogP contribution is 2.34. The first-order valence-electron chi connectivity index (χ1n) is 5.27. The normalized spacial score (nSPS) is 12.8. The van der Waals surface area contributed by atoms with Crippen LogP contribution in [0.15, 0.2) is 48.5 Å². The maximum Gasteiger partial charge on any atom is 0.130 e. The van der Waals surface area contributed by atoms with Gasteiger partial charge in [-0.3, -0.25) is 0 Å². The molecular weight excluding hydrogens is 184 g/mol. The molecule has 1 aliphatic carbocycles. The summed E-state index contributed by atoms with van der Waals surface area (Å²) in [4.78, 5) is 0. The topological polar surface area (TPSA) is 9.23 Å². The van der Waals surface area contributed by atoms with Crippen molar-refractivity contribution >= 4 is 0 Å². The first-order valence-corrected chi connectivity index (χ1v) is 5.27. The molecule has 0 fully saturated rings. The zero-order valence-electron chi connectivity index (χ0n) is 8.44. The van der Waals surface area contributed by atoms with Crippen LogP contribution >= 0.6 is 0 Å². The van der Waals surface area contributed by atoms with Gasteiger partial charge in [0.2, 0.25) is 0 Å². The fraction of sp³-hybridized carbons (Fsp3) is 0.143. The summed E-state index contributed by atoms with van der Waals surface area (Å²) in [5.74, 6) is 1.93. The van der Waals surface area contributed by atoms with Crippen LogP contribution in [0.2, 0.25) is 0 Å². The molecular formula is C14H12O. The lowest BCUT2D eigenvalue weighted by Crippen LogP contribution is -2.09. The second kappa shape index (κ2) is 3.43. The Morgan fingerprint density at radius 3 is 2.40 bits per heavy atom. The Balaban J connectivity index is 1.92. The van der Waals surface area contributed by atoms with Gasteiger partial charge in [-0.25, -0.2) is 0 Å². The third-order valence-corrected chi connectivity index (χ3v) is 2.85. The van der Waals surface area contributed by atoms with Crippen molar-refractivity contribution in [3.05, 3.63) is 59.7 Å². The van der Waals surface area contributed by atoms with E-state index in [4.69, 9.17) is 4.74 Å². The molecule has 0 unspecified atom stereocenters. The molecule has 1 nitrogen and oxygen atoms in total. The van der Waals surface area contributed by atoms with Crippen molar-refractivity contribution in [2.45, 2.75) is 12.8 Å². The number of hydrogen-bond acceptors (Lipinski definition) is 1. The van der Waals surface area contributed by atoms with Gasteiger partial charge in [0.15, 0.2) is 0 Å². The summed E-state index contributed by atoms with van der Waals surface area (Å²) in [6.07, 6.45) is 2.35. The Hall–Kier alpha value is -1.76. The first kappa shape index (κ1) is 8.54. The highest BCUT2D eigenvalue weighted by Gasteiger charge is 2.17. The van der Waals surface area contributed by atoms with Crippen LogP contribution in [0, 0.1) is 0 Å². The van der Waals surface area contributed by atoms with Crippen LogP contribution in [0.1, 0.15) is 11.1 Å². The first-order chi connectivity index (χ1) is 7.43. The minimum Gasteiger partial charge on any atom is -0.457 e. The molecule has 0 saturated heterocycles. The lowest BCUT2D eigenvalue weighted by molar-refractivity contribution is 0.470. The number of ether oxygens (including phenoxy) is 1. The molecule has 0 N–H and O–H groups in total. The maximum atomic E-state index is 5.84. The van der Waals surface area contributed by atoms with E-state index in [1.165, 1.54) is 17.5 Å². The number of fused-ring (bicyclic) bond motifs is 1. The van der Waals surface area contributed by atoms with E-state index < -0.39 is 0 Å². The molecule has 74 valence electrons. The molecule has 0 spiro atoms. The molecule has 0 bridgehead atoms. The number of aryl methyl sites for hydroxylation is 1. The molecule has 2 aromatic rings. The molecule has 3 rings (SSSR count). The van der Waals surface area contributed by atoms with Crippen LogP contribution in [-0.2, 0) is 12.8 Å². The van der Waals surface area contributed by atoms with Crippen molar-refractivity contribution in [1.82, 2.24) is 0 Å². The van der Waals surface area contributed by atoms with Gasteiger partial charge in [-0.2, -0.15) is 0 Å². The number of rotatable bonds is 2. The SMILES string of the molecule is c1ccc(Oc2cccc3c2CC3)cc1. The molecule has 15 heavy (non-hydrogen) atoms. The van der Waals surface area contributed by atoms with E-state index in [1.54, 1.807) is 0 Å². The summed E-state index contributed by atoms with van der Waals surface area (Å²) in [5, 5.41) is 0. The van der Waals surface area contributed by atoms with Gasteiger partial charge >= 0.3 is 0 Å². The summed E-state index contributed by atoms with van der Waals surface area (Å²) >= 11 is 0. The molecule has 2 aromatic carbocycles. The van der Waals surface area contributed by atoms with E-state index in [0.717, 1.165) is 17.9 Å². The minimum atomic E-state index is 0.915. The lowest BCUT2D eigenvalue weighted by Gasteiger charge is -2.21.